The largest absolute Gasteiger partial charge is 0.382 e. The summed E-state index contributed by atoms with van der Waals surface area (Å²) in [5, 5.41) is 19.4. The van der Waals surface area contributed by atoms with Gasteiger partial charge in [0.05, 0.1) is 0 Å². The number of halogens is 1. The quantitative estimate of drug-likeness (QED) is 0.493. The maximum Gasteiger partial charge on any atom is 0.233 e. The van der Waals surface area contributed by atoms with Crippen LogP contribution in [0.15, 0.2) is 22.9 Å². The van der Waals surface area contributed by atoms with E-state index in [4.69, 9.17) is 0 Å². The fourth-order valence-corrected chi connectivity index (χ4v) is 1.25. The lowest BCUT2D eigenvalue weighted by Gasteiger charge is -2.05. The molecular formula is C7H7BrN2O3. The Bertz CT molecular complexity index is 318. The van der Waals surface area contributed by atoms with Gasteiger partial charge in [0.25, 0.3) is 0 Å². The topological polar surface area (TPSA) is 76.3 Å². The Kier molecular flexibility index (Phi) is 3.32. The Morgan fingerprint density at radius 2 is 2.46 bits per heavy atom. The number of aliphatic hydroxyl groups is 1. The molecule has 0 radical (unpaired) electrons. The summed E-state index contributed by atoms with van der Waals surface area (Å²) in [4.78, 5) is 13.4. The molecule has 0 spiro atoms. The van der Waals surface area contributed by atoms with E-state index in [9.17, 15) is 15.2 Å². The zero-order chi connectivity index (χ0) is 9.84. The van der Waals surface area contributed by atoms with Crippen molar-refractivity contribution in [1.82, 2.24) is 4.98 Å². The van der Waals surface area contributed by atoms with E-state index in [0.717, 1.165) is 0 Å². The molecule has 1 aromatic rings. The van der Waals surface area contributed by atoms with Crippen molar-refractivity contribution in [2.75, 3.05) is 6.54 Å². The third-order valence-electron chi connectivity index (χ3n) is 1.46. The fraction of sp³-hybridized carbons (Fsp3) is 0.286. The van der Waals surface area contributed by atoms with Crippen molar-refractivity contribution < 1.29 is 10.0 Å². The minimum Gasteiger partial charge on any atom is -0.382 e. The van der Waals surface area contributed by atoms with Gasteiger partial charge in [-0.05, 0) is 33.6 Å². The van der Waals surface area contributed by atoms with E-state index in [1.165, 1.54) is 6.20 Å². The molecule has 0 fully saturated rings. The lowest BCUT2D eigenvalue weighted by atomic mass is 10.1. The molecule has 1 atom stereocenters. The zero-order valence-corrected chi connectivity index (χ0v) is 8.14. The van der Waals surface area contributed by atoms with Crippen molar-refractivity contribution in [2.24, 2.45) is 0 Å². The van der Waals surface area contributed by atoms with E-state index in [1.54, 1.807) is 12.1 Å². The first-order valence-corrected chi connectivity index (χ1v) is 4.30. The number of nitrogens with zero attached hydrogens (tertiary/aromatic N) is 2. The van der Waals surface area contributed by atoms with Crippen LogP contribution in [0.5, 0.6) is 0 Å². The second kappa shape index (κ2) is 4.29. The summed E-state index contributed by atoms with van der Waals surface area (Å²) in [5.74, 6) is 0. The Morgan fingerprint density at radius 1 is 1.77 bits per heavy atom. The van der Waals surface area contributed by atoms with Gasteiger partial charge in [-0.2, -0.15) is 0 Å². The molecule has 0 aromatic carbocycles. The van der Waals surface area contributed by atoms with Gasteiger partial charge in [-0.15, -0.1) is 0 Å². The molecule has 0 saturated heterocycles. The first-order valence-electron chi connectivity index (χ1n) is 3.51. The van der Waals surface area contributed by atoms with E-state index in [0.29, 0.717) is 10.2 Å². The highest BCUT2D eigenvalue weighted by Gasteiger charge is 2.13. The molecular weight excluding hydrogens is 240 g/mol. The van der Waals surface area contributed by atoms with Crippen molar-refractivity contribution in [2.45, 2.75) is 6.10 Å². The first-order chi connectivity index (χ1) is 6.09. The lowest BCUT2D eigenvalue weighted by molar-refractivity contribution is -0.491. The molecule has 13 heavy (non-hydrogen) atoms. The predicted molar refractivity (Wildman–Crippen MR) is 48.8 cm³/mol. The van der Waals surface area contributed by atoms with Gasteiger partial charge >= 0.3 is 0 Å². The second-order valence-electron chi connectivity index (χ2n) is 2.44. The Morgan fingerprint density at radius 3 is 3.00 bits per heavy atom. The molecule has 0 aliphatic carbocycles. The minimum atomic E-state index is -1.07. The lowest BCUT2D eigenvalue weighted by Crippen LogP contribution is -2.11. The molecule has 6 heteroatoms. The van der Waals surface area contributed by atoms with E-state index in [2.05, 4.69) is 20.9 Å². The van der Waals surface area contributed by atoms with Crippen LogP contribution in [0, 0.1) is 10.1 Å². The first kappa shape index (κ1) is 10.1. The van der Waals surface area contributed by atoms with Crippen LogP contribution in [0.2, 0.25) is 0 Å². The van der Waals surface area contributed by atoms with Crippen LogP contribution in [0.4, 0.5) is 0 Å². The number of hydrogen-bond acceptors (Lipinski definition) is 4. The van der Waals surface area contributed by atoms with Crippen LogP contribution in [0.25, 0.3) is 0 Å². The molecule has 0 bridgehead atoms. The van der Waals surface area contributed by atoms with Crippen LogP contribution in [-0.4, -0.2) is 21.6 Å². The maximum atomic E-state index is 10.1. The number of hydrogen-bond donors (Lipinski definition) is 1. The number of aliphatic hydroxyl groups excluding tert-OH is 1. The molecule has 1 heterocycles. The van der Waals surface area contributed by atoms with Crippen molar-refractivity contribution >= 4 is 15.9 Å². The summed E-state index contributed by atoms with van der Waals surface area (Å²) in [6, 6.07) is 3.09. The molecule has 0 aliphatic heterocycles. The summed E-state index contributed by atoms with van der Waals surface area (Å²) >= 11 is 3.10. The molecule has 1 N–H and O–H groups in total. The Labute approximate surface area is 82.7 Å². The average molecular weight is 247 g/mol. The summed E-state index contributed by atoms with van der Waals surface area (Å²) in [5.41, 5.74) is 0.485. The van der Waals surface area contributed by atoms with Crippen LogP contribution in [0.3, 0.4) is 0 Å². The summed E-state index contributed by atoms with van der Waals surface area (Å²) in [6.45, 7) is -0.490. The normalized spacial score (nSPS) is 12.5. The predicted octanol–water partition coefficient (Wildman–Crippen LogP) is 1.15. The molecule has 1 rings (SSSR count). The van der Waals surface area contributed by atoms with Gasteiger partial charge < -0.3 is 5.11 Å². The molecule has 70 valence electrons. The van der Waals surface area contributed by atoms with Gasteiger partial charge in [0.15, 0.2) is 0 Å². The van der Waals surface area contributed by atoms with Gasteiger partial charge in [-0.3, -0.25) is 10.1 Å². The van der Waals surface area contributed by atoms with Gasteiger partial charge in [0, 0.05) is 11.1 Å². The smallest absolute Gasteiger partial charge is 0.233 e. The summed E-state index contributed by atoms with van der Waals surface area (Å²) in [7, 11) is 0. The molecule has 0 aliphatic rings. The molecule has 1 unspecified atom stereocenters. The summed E-state index contributed by atoms with van der Waals surface area (Å²) < 4.78 is 0.549. The number of aromatic nitrogens is 1. The Hall–Kier alpha value is -1.01. The van der Waals surface area contributed by atoms with Gasteiger partial charge in [-0.25, -0.2) is 4.98 Å². The third-order valence-corrected chi connectivity index (χ3v) is 1.89. The Balaban J connectivity index is 2.76. The van der Waals surface area contributed by atoms with Gasteiger partial charge in [-0.1, -0.05) is 0 Å². The third kappa shape index (κ3) is 3.08. The maximum absolute atomic E-state index is 10.1. The summed E-state index contributed by atoms with van der Waals surface area (Å²) in [6.07, 6.45) is 0.400. The van der Waals surface area contributed by atoms with Crippen LogP contribution < -0.4 is 0 Å². The van der Waals surface area contributed by atoms with E-state index >= 15 is 0 Å². The van der Waals surface area contributed by atoms with E-state index < -0.39 is 17.6 Å². The van der Waals surface area contributed by atoms with Crippen molar-refractivity contribution in [3.8, 4) is 0 Å². The fourth-order valence-electron chi connectivity index (χ4n) is 0.871. The minimum absolute atomic E-state index is 0.485. The molecule has 5 nitrogen and oxygen atoms in total. The standard InChI is InChI=1S/C7H7BrN2O3/c8-7-3-5(1-2-9-7)6(11)4-10(12)13/h1-3,6,11H,4H2. The highest BCUT2D eigenvalue weighted by atomic mass is 79.9. The highest BCUT2D eigenvalue weighted by Crippen LogP contribution is 2.15. The highest BCUT2D eigenvalue weighted by molar-refractivity contribution is 9.10. The molecule has 1 aromatic heterocycles. The number of pyridine rings is 1. The molecule has 0 amide bonds. The van der Waals surface area contributed by atoms with E-state index in [-0.39, 0.29) is 0 Å². The number of rotatable bonds is 3. The van der Waals surface area contributed by atoms with Crippen molar-refractivity contribution in [1.29, 1.82) is 0 Å². The number of nitro groups is 1. The zero-order valence-electron chi connectivity index (χ0n) is 6.55. The van der Waals surface area contributed by atoms with Crippen LogP contribution in [0.1, 0.15) is 11.7 Å². The molecule has 0 saturated carbocycles. The van der Waals surface area contributed by atoms with Crippen LogP contribution in [-0.2, 0) is 0 Å². The van der Waals surface area contributed by atoms with Crippen molar-refractivity contribution in [3.63, 3.8) is 0 Å². The van der Waals surface area contributed by atoms with Gasteiger partial charge in [0.2, 0.25) is 6.54 Å². The second-order valence-corrected chi connectivity index (χ2v) is 3.26. The van der Waals surface area contributed by atoms with E-state index in [1.807, 2.05) is 0 Å². The monoisotopic (exact) mass is 246 g/mol. The average Bonchev–Trinajstić information content (AvgIpc) is 2.03. The van der Waals surface area contributed by atoms with Crippen LogP contribution >= 0.6 is 15.9 Å². The van der Waals surface area contributed by atoms with Crippen molar-refractivity contribution in [3.05, 3.63) is 38.6 Å². The van der Waals surface area contributed by atoms with Gasteiger partial charge in [0.1, 0.15) is 10.7 Å². The SMILES string of the molecule is O=[N+]([O-])CC(O)c1ccnc(Br)c1.